The molecule has 1 aromatic rings. The lowest BCUT2D eigenvalue weighted by Crippen LogP contribution is -2.34. The topological polar surface area (TPSA) is 80.5 Å². The van der Waals surface area contributed by atoms with Crippen LogP contribution < -0.4 is 5.73 Å². The summed E-state index contributed by atoms with van der Waals surface area (Å²) in [5, 5.41) is 0. The SMILES string of the molecule is Nc1ccccc1CC(=O)N1CCCS(=O)(=O)CC1. The van der Waals surface area contributed by atoms with Crippen molar-refractivity contribution in [3.05, 3.63) is 29.8 Å². The summed E-state index contributed by atoms with van der Waals surface area (Å²) in [7, 11) is -2.99. The quantitative estimate of drug-likeness (QED) is 0.799. The molecule has 0 atom stereocenters. The summed E-state index contributed by atoms with van der Waals surface area (Å²) in [5.74, 6) is 0.169. The van der Waals surface area contributed by atoms with Crippen molar-refractivity contribution >= 4 is 21.4 Å². The van der Waals surface area contributed by atoms with Crippen LogP contribution in [0.25, 0.3) is 0 Å². The third-order valence-electron chi connectivity index (χ3n) is 3.31. The maximum Gasteiger partial charge on any atom is 0.227 e. The molecule has 1 aromatic carbocycles. The average molecular weight is 282 g/mol. The maximum absolute atomic E-state index is 12.2. The highest BCUT2D eigenvalue weighted by atomic mass is 32.2. The van der Waals surface area contributed by atoms with Gasteiger partial charge >= 0.3 is 0 Å². The Labute approximate surface area is 113 Å². The van der Waals surface area contributed by atoms with E-state index in [1.54, 1.807) is 11.0 Å². The molecule has 1 aliphatic rings. The van der Waals surface area contributed by atoms with E-state index in [4.69, 9.17) is 5.73 Å². The zero-order chi connectivity index (χ0) is 13.9. The fraction of sp³-hybridized carbons (Fsp3) is 0.462. The number of hydrogen-bond acceptors (Lipinski definition) is 4. The fourth-order valence-corrected chi connectivity index (χ4v) is 3.43. The molecule has 5 nitrogen and oxygen atoms in total. The van der Waals surface area contributed by atoms with Gasteiger partial charge in [0.15, 0.2) is 9.84 Å². The second kappa shape index (κ2) is 5.61. The van der Waals surface area contributed by atoms with E-state index in [-0.39, 0.29) is 30.4 Å². The van der Waals surface area contributed by atoms with Crippen LogP contribution >= 0.6 is 0 Å². The standard InChI is InChI=1S/C13H18N2O3S/c14-12-5-2-1-4-11(12)10-13(16)15-6-3-8-19(17,18)9-7-15/h1-2,4-5H,3,6-10,14H2. The van der Waals surface area contributed by atoms with Crippen molar-refractivity contribution in [2.45, 2.75) is 12.8 Å². The smallest absolute Gasteiger partial charge is 0.227 e. The Morgan fingerprint density at radius 1 is 1.21 bits per heavy atom. The van der Waals surface area contributed by atoms with Crippen LogP contribution in [0.4, 0.5) is 5.69 Å². The molecule has 1 fully saturated rings. The molecule has 19 heavy (non-hydrogen) atoms. The molecule has 1 amide bonds. The van der Waals surface area contributed by atoms with Gasteiger partial charge in [-0.2, -0.15) is 0 Å². The normalized spacial score (nSPS) is 18.8. The summed E-state index contributed by atoms with van der Waals surface area (Å²) >= 11 is 0. The number of nitrogens with two attached hydrogens (primary N) is 1. The second-order valence-electron chi connectivity index (χ2n) is 4.76. The lowest BCUT2D eigenvalue weighted by Gasteiger charge is -2.20. The number of amides is 1. The van der Waals surface area contributed by atoms with Gasteiger partial charge in [-0.25, -0.2) is 8.42 Å². The van der Waals surface area contributed by atoms with Crippen LogP contribution in [0.1, 0.15) is 12.0 Å². The molecule has 2 N–H and O–H groups in total. The molecular formula is C13H18N2O3S. The minimum atomic E-state index is -2.99. The van der Waals surface area contributed by atoms with E-state index in [0.29, 0.717) is 18.7 Å². The van der Waals surface area contributed by atoms with Gasteiger partial charge in [-0.1, -0.05) is 18.2 Å². The van der Waals surface area contributed by atoms with Crippen molar-refractivity contribution in [1.29, 1.82) is 0 Å². The summed E-state index contributed by atoms with van der Waals surface area (Å²) in [5.41, 5.74) is 7.19. The zero-order valence-corrected chi connectivity index (χ0v) is 11.5. The molecule has 0 aliphatic carbocycles. The third kappa shape index (κ3) is 3.70. The predicted molar refractivity (Wildman–Crippen MR) is 74.4 cm³/mol. The van der Waals surface area contributed by atoms with Crippen LogP contribution in [0.3, 0.4) is 0 Å². The number of nitrogen functional groups attached to an aromatic ring is 1. The number of para-hydroxylation sites is 1. The molecule has 1 aliphatic heterocycles. The minimum Gasteiger partial charge on any atom is -0.398 e. The first-order valence-electron chi connectivity index (χ1n) is 6.29. The van der Waals surface area contributed by atoms with Crippen molar-refractivity contribution < 1.29 is 13.2 Å². The summed E-state index contributed by atoms with van der Waals surface area (Å²) < 4.78 is 23.0. The van der Waals surface area contributed by atoms with Gasteiger partial charge in [-0.15, -0.1) is 0 Å². The number of anilines is 1. The van der Waals surface area contributed by atoms with Gasteiger partial charge in [-0.3, -0.25) is 4.79 Å². The molecule has 6 heteroatoms. The summed E-state index contributed by atoms with van der Waals surface area (Å²) in [6, 6.07) is 7.24. The molecule has 0 bridgehead atoms. The largest absolute Gasteiger partial charge is 0.398 e. The first-order valence-corrected chi connectivity index (χ1v) is 8.12. The van der Waals surface area contributed by atoms with Gasteiger partial charge in [0.25, 0.3) is 0 Å². The van der Waals surface area contributed by atoms with E-state index in [0.717, 1.165) is 5.56 Å². The van der Waals surface area contributed by atoms with Gasteiger partial charge < -0.3 is 10.6 Å². The van der Waals surface area contributed by atoms with E-state index in [1.165, 1.54) is 0 Å². The Bertz CT molecular complexity index is 569. The van der Waals surface area contributed by atoms with Crippen molar-refractivity contribution in [2.24, 2.45) is 0 Å². The van der Waals surface area contributed by atoms with Crippen molar-refractivity contribution in [3.63, 3.8) is 0 Å². The Balaban J connectivity index is 2.03. The van der Waals surface area contributed by atoms with Gasteiger partial charge in [0, 0.05) is 18.8 Å². The summed E-state index contributed by atoms with van der Waals surface area (Å²) in [4.78, 5) is 13.8. The first kappa shape index (κ1) is 13.9. The Morgan fingerprint density at radius 3 is 2.68 bits per heavy atom. The van der Waals surface area contributed by atoms with Crippen molar-refractivity contribution in [1.82, 2.24) is 4.90 Å². The molecule has 104 valence electrons. The van der Waals surface area contributed by atoms with Crippen LogP contribution in [0, 0.1) is 0 Å². The van der Waals surface area contributed by atoms with Crippen LogP contribution in [0.2, 0.25) is 0 Å². The van der Waals surface area contributed by atoms with Crippen molar-refractivity contribution in [3.8, 4) is 0 Å². The number of rotatable bonds is 2. The number of sulfone groups is 1. The zero-order valence-electron chi connectivity index (χ0n) is 10.7. The van der Waals surface area contributed by atoms with Crippen LogP contribution in [-0.2, 0) is 21.1 Å². The fourth-order valence-electron chi connectivity index (χ4n) is 2.16. The molecule has 0 radical (unpaired) electrons. The van der Waals surface area contributed by atoms with E-state index < -0.39 is 9.84 Å². The third-order valence-corrected chi connectivity index (χ3v) is 5.02. The number of benzene rings is 1. The van der Waals surface area contributed by atoms with Crippen LogP contribution in [0.15, 0.2) is 24.3 Å². The average Bonchev–Trinajstić information content (AvgIpc) is 2.53. The maximum atomic E-state index is 12.2. The summed E-state index contributed by atoms with van der Waals surface area (Å²) in [6.07, 6.45) is 0.741. The minimum absolute atomic E-state index is 0.0585. The molecule has 2 rings (SSSR count). The number of carbonyl (C=O) groups excluding carboxylic acids is 1. The molecule has 0 saturated carbocycles. The molecule has 1 saturated heterocycles. The molecule has 0 aromatic heterocycles. The van der Waals surface area contributed by atoms with E-state index >= 15 is 0 Å². The monoisotopic (exact) mass is 282 g/mol. The van der Waals surface area contributed by atoms with Crippen LogP contribution in [0.5, 0.6) is 0 Å². The van der Waals surface area contributed by atoms with E-state index in [9.17, 15) is 13.2 Å². The highest BCUT2D eigenvalue weighted by Crippen LogP contribution is 2.13. The number of hydrogen-bond donors (Lipinski definition) is 1. The Morgan fingerprint density at radius 2 is 1.95 bits per heavy atom. The molecule has 0 unspecified atom stereocenters. The summed E-state index contributed by atoms with van der Waals surface area (Å²) in [6.45, 7) is 0.790. The predicted octanol–water partition coefficient (Wildman–Crippen LogP) is 0.458. The van der Waals surface area contributed by atoms with Gasteiger partial charge in [-0.05, 0) is 18.1 Å². The molecule has 1 heterocycles. The first-order chi connectivity index (χ1) is 8.98. The van der Waals surface area contributed by atoms with E-state index in [2.05, 4.69) is 0 Å². The van der Waals surface area contributed by atoms with E-state index in [1.807, 2.05) is 18.2 Å². The highest BCUT2D eigenvalue weighted by Gasteiger charge is 2.22. The number of nitrogens with zero attached hydrogens (tertiary/aromatic N) is 1. The Hall–Kier alpha value is -1.56. The second-order valence-corrected chi connectivity index (χ2v) is 7.07. The molecular weight excluding hydrogens is 264 g/mol. The lowest BCUT2D eigenvalue weighted by molar-refractivity contribution is -0.130. The lowest BCUT2D eigenvalue weighted by atomic mass is 10.1. The number of carbonyl (C=O) groups is 1. The van der Waals surface area contributed by atoms with Gasteiger partial charge in [0.2, 0.25) is 5.91 Å². The van der Waals surface area contributed by atoms with Crippen molar-refractivity contribution in [2.75, 3.05) is 30.3 Å². The van der Waals surface area contributed by atoms with Gasteiger partial charge in [0.05, 0.1) is 17.9 Å². The van der Waals surface area contributed by atoms with Gasteiger partial charge in [0.1, 0.15) is 0 Å². The Kier molecular flexibility index (Phi) is 4.09. The highest BCUT2D eigenvalue weighted by molar-refractivity contribution is 7.91. The molecule has 0 spiro atoms. The van der Waals surface area contributed by atoms with Crippen LogP contribution in [-0.4, -0.2) is 43.8 Å².